The van der Waals surface area contributed by atoms with Crippen molar-refractivity contribution < 1.29 is 41.8 Å². The van der Waals surface area contributed by atoms with Crippen LogP contribution in [0.1, 0.15) is 18.4 Å². The molecule has 36 heavy (non-hydrogen) atoms. The molecule has 0 aromatic heterocycles. The van der Waals surface area contributed by atoms with E-state index in [1.807, 2.05) is 60.7 Å². The summed E-state index contributed by atoms with van der Waals surface area (Å²) in [6.45, 7) is 4.81. The summed E-state index contributed by atoms with van der Waals surface area (Å²) in [4.78, 5) is 21.4. The lowest BCUT2D eigenvalue weighted by Crippen LogP contribution is -2.65. The van der Waals surface area contributed by atoms with Crippen molar-refractivity contribution in [2.45, 2.75) is 37.6 Å². The molecule has 0 unspecified atom stereocenters. The molecule has 3 saturated heterocycles. The van der Waals surface area contributed by atoms with Crippen LogP contribution in [0.5, 0.6) is 5.75 Å². The minimum atomic E-state index is -5.19. The van der Waals surface area contributed by atoms with Gasteiger partial charge >= 0.3 is 12.1 Å². The first-order valence-corrected chi connectivity index (χ1v) is 11.9. The summed E-state index contributed by atoms with van der Waals surface area (Å²) in [7, 11) is 0. The zero-order valence-electron chi connectivity index (χ0n) is 19.9. The molecule has 2 atom stereocenters. The van der Waals surface area contributed by atoms with Crippen molar-refractivity contribution in [3.05, 3.63) is 66.2 Å². The van der Waals surface area contributed by atoms with Gasteiger partial charge in [-0.3, -0.25) is 4.79 Å². The van der Waals surface area contributed by atoms with Crippen LogP contribution in [0, 0.1) is 5.92 Å². The molecular formula is C26H31F3N2O5. The van der Waals surface area contributed by atoms with E-state index in [2.05, 4.69) is 0 Å². The number of ether oxygens (including phenoxy) is 2. The fourth-order valence-corrected chi connectivity index (χ4v) is 4.73. The number of alkyl halides is 3. The number of nitrogens with zero attached hydrogens (tertiary/aromatic N) is 1. The number of aliphatic carboxylic acids is 1. The highest BCUT2D eigenvalue weighted by Gasteiger charge is 2.47. The van der Waals surface area contributed by atoms with Crippen LogP contribution in [-0.2, 0) is 20.7 Å². The van der Waals surface area contributed by atoms with E-state index in [1.165, 1.54) is 0 Å². The molecule has 7 nitrogen and oxygen atoms in total. The third kappa shape index (κ3) is 7.96. The van der Waals surface area contributed by atoms with E-state index in [1.54, 1.807) is 0 Å². The highest BCUT2D eigenvalue weighted by Crippen LogP contribution is 2.35. The average molecular weight is 509 g/mol. The molecule has 2 bridgehead atoms. The van der Waals surface area contributed by atoms with Crippen LogP contribution in [0.2, 0.25) is 0 Å². The molecule has 2 aromatic rings. The summed E-state index contributed by atoms with van der Waals surface area (Å²) in [5.41, 5.74) is 7.20. The van der Waals surface area contributed by atoms with Crippen LogP contribution in [0.15, 0.2) is 60.7 Å². The van der Waals surface area contributed by atoms with Gasteiger partial charge in [0.15, 0.2) is 6.10 Å². The summed E-state index contributed by atoms with van der Waals surface area (Å²) in [6, 6.07) is 19.2. The van der Waals surface area contributed by atoms with E-state index < -0.39 is 18.2 Å². The molecule has 5 rings (SSSR count). The Kier molecular flexibility index (Phi) is 9.33. The lowest BCUT2D eigenvalue weighted by Gasteiger charge is -2.52. The van der Waals surface area contributed by atoms with Crippen LogP contribution in [0.25, 0.3) is 0 Å². The molecule has 0 amide bonds. The van der Waals surface area contributed by atoms with Crippen LogP contribution in [0.3, 0.4) is 0 Å². The first-order chi connectivity index (χ1) is 17.1. The van der Waals surface area contributed by atoms with Crippen LogP contribution in [0.4, 0.5) is 13.2 Å². The smallest absolute Gasteiger partial charge is 0.430 e. The average Bonchev–Trinajstić information content (AvgIpc) is 2.86. The van der Waals surface area contributed by atoms with Crippen molar-refractivity contribution in [3.63, 3.8) is 0 Å². The molecule has 2 N–H and O–H groups in total. The van der Waals surface area contributed by atoms with Crippen molar-refractivity contribution in [1.29, 1.82) is 0 Å². The predicted octanol–water partition coefficient (Wildman–Crippen LogP) is 2.09. The number of fused-ring (bicyclic) bond motifs is 3. The third-order valence-electron chi connectivity index (χ3n) is 6.72. The zero-order chi connectivity index (χ0) is 26.2. The quantitative estimate of drug-likeness (QED) is 0.433. The van der Waals surface area contributed by atoms with Crippen LogP contribution in [-0.4, -0.2) is 67.5 Å². The number of carbonyl (C=O) groups excluding carboxylic acids is 2. The van der Waals surface area contributed by atoms with Gasteiger partial charge in [0, 0.05) is 18.8 Å². The van der Waals surface area contributed by atoms with Gasteiger partial charge in [0.1, 0.15) is 37.5 Å². The SMILES string of the molecule is N[C@@H](Cc1ccccc1)C(=O)O[C@H]1C[N+]2(CCOc3ccccc3)CCC1CC2.O=C([O-])C(F)(F)F. The Hall–Kier alpha value is -3.11. The Balaban J connectivity index is 0.000000454. The highest BCUT2D eigenvalue weighted by atomic mass is 19.4. The molecule has 3 fully saturated rings. The molecule has 0 spiro atoms. The van der Waals surface area contributed by atoms with Gasteiger partial charge in [-0.2, -0.15) is 13.2 Å². The number of quaternary nitrogens is 1. The maximum absolute atomic E-state index is 12.6. The Bertz CT molecular complexity index is 980. The molecule has 3 aliphatic rings. The standard InChI is InChI=1S/C24H31N2O3.C2HF3O2/c25-22(17-19-7-3-1-4-8-19)24(27)29-23-18-26(13-11-20(23)12-14-26)15-16-28-21-9-5-2-6-10-21;3-2(4,5)1(6)7/h1-10,20,22-23H,11-18,25H2;(H,6,7)/q+1;/p-1/t20?,22-,23-,26?;/m0./s1. The van der Waals surface area contributed by atoms with Gasteiger partial charge in [-0.05, 0) is 24.1 Å². The summed E-state index contributed by atoms with van der Waals surface area (Å²) in [5.74, 6) is -1.90. The summed E-state index contributed by atoms with van der Waals surface area (Å²) in [6.07, 6.45) is -2.49. The van der Waals surface area contributed by atoms with Crippen LogP contribution < -0.4 is 15.6 Å². The van der Waals surface area contributed by atoms with E-state index >= 15 is 0 Å². The van der Waals surface area contributed by atoms with Gasteiger partial charge in [-0.1, -0.05) is 48.5 Å². The topological polar surface area (TPSA) is 102 Å². The number of carboxylic acid groups (broad SMARTS) is 1. The summed E-state index contributed by atoms with van der Waals surface area (Å²) < 4.78 is 44.4. The molecule has 0 radical (unpaired) electrons. The van der Waals surface area contributed by atoms with Gasteiger partial charge in [-0.15, -0.1) is 0 Å². The molecule has 196 valence electrons. The van der Waals surface area contributed by atoms with Gasteiger partial charge in [-0.25, -0.2) is 0 Å². The number of rotatable bonds is 8. The second kappa shape index (κ2) is 12.2. The molecular weight excluding hydrogens is 477 g/mol. The number of piperidine rings is 3. The largest absolute Gasteiger partial charge is 0.542 e. The van der Waals surface area contributed by atoms with Gasteiger partial charge in [0.05, 0.1) is 13.1 Å². The van der Waals surface area contributed by atoms with E-state index in [9.17, 15) is 18.0 Å². The Labute approximate surface area is 208 Å². The molecule has 2 aromatic carbocycles. The fraction of sp³-hybridized carbons (Fsp3) is 0.462. The summed E-state index contributed by atoms with van der Waals surface area (Å²) in [5, 5.41) is 8.78. The number of halogens is 3. The predicted molar refractivity (Wildman–Crippen MR) is 123 cm³/mol. The lowest BCUT2D eigenvalue weighted by atomic mass is 9.83. The number of hydrogen-bond donors (Lipinski definition) is 1. The van der Waals surface area contributed by atoms with E-state index in [4.69, 9.17) is 25.1 Å². The molecule has 10 heteroatoms. The molecule has 3 aliphatic heterocycles. The van der Waals surface area contributed by atoms with E-state index in [0.717, 1.165) is 54.8 Å². The lowest BCUT2D eigenvalue weighted by molar-refractivity contribution is -0.946. The van der Waals surface area contributed by atoms with Gasteiger partial charge < -0.3 is 29.6 Å². The number of esters is 1. The maximum Gasteiger partial charge on any atom is 0.430 e. The van der Waals surface area contributed by atoms with Crippen molar-refractivity contribution in [2.75, 3.05) is 32.8 Å². The minimum Gasteiger partial charge on any atom is -0.542 e. The molecule has 0 aliphatic carbocycles. The van der Waals surface area contributed by atoms with Crippen molar-refractivity contribution in [2.24, 2.45) is 11.7 Å². The number of benzene rings is 2. The van der Waals surface area contributed by atoms with Gasteiger partial charge in [0.25, 0.3) is 0 Å². The van der Waals surface area contributed by atoms with Crippen molar-refractivity contribution in [3.8, 4) is 5.75 Å². The van der Waals surface area contributed by atoms with Crippen molar-refractivity contribution >= 4 is 11.9 Å². The Morgan fingerprint density at radius 1 is 1.03 bits per heavy atom. The molecule has 0 saturated carbocycles. The Morgan fingerprint density at radius 3 is 2.14 bits per heavy atom. The number of carbonyl (C=O) groups is 2. The second-order valence-electron chi connectivity index (χ2n) is 9.25. The summed E-state index contributed by atoms with van der Waals surface area (Å²) >= 11 is 0. The minimum absolute atomic E-state index is 0.0245. The first-order valence-electron chi connectivity index (χ1n) is 11.9. The fourth-order valence-electron chi connectivity index (χ4n) is 4.73. The number of carboxylic acids is 1. The third-order valence-corrected chi connectivity index (χ3v) is 6.72. The molecule has 3 heterocycles. The van der Waals surface area contributed by atoms with E-state index in [0.29, 0.717) is 18.9 Å². The Morgan fingerprint density at radius 2 is 1.58 bits per heavy atom. The van der Waals surface area contributed by atoms with Gasteiger partial charge in [0.2, 0.25) is 0 Å². The van der Waals surface area contributed by atoms with Crippen LogP contribution >= 0.6 is 0 Å². The zero-order valence-corrected chi connectivity index (χ0v) is 19.9. The second-order valence-corrected chi connectivity index (χ2v) is 9.25. The number of para-hydroxylation sites is 1. The normalized spacial score (nSPS) is 23.7. The van der Waals surface area contributed by atoms with Crippen molar-refractivity contribution in [1.82, 2.24) is 0 Å². The maximum atomic E-state index is 12.6. The first kappa shape index (κ1) is 27.5. The number of hydrogen-bond acceptors (Lipinski definition) is 6. The van der Waals surface area contributed by atoms with E-state index in [-0.39, 0.29) is 12.1 Å². The monoisotopic (exact) mass is 508 g/mol. The highest BCUT2D eigenvalue weighted by molar-refractivity contribution is 5.76. The number of nitrogens with two attached hydrogens (primary N) is 1.